The Bertz CT molecular complexity index is 442. The van der Waals surface area contributed by atoms with E-state index in [1.165, 1.54) is 27.3 Å². The van der Waals surface area contributed by atoms with Crippen LogP contribution in [-0.4, -0.2) is 38.2 Å². The molecule has 0 aliphatic heterocycles. The third-order valence-corrected chi connectivity index (χ3v) is 2.31. The molecule has 0 aliphatic rings. The Morgan fingerprint density at radius 3 is 2.24 bits per heavy atom. The van der Waals surface area contributed by atoms with Gasteiger partial charge in [0.05, 0.1) is 19.8 Å². The number of aryl methyl sites for hydroxylation is 1. The van der Waals surface area contributed by atoms with Gasteiger partial charge in [-0.25, -0.2) is 9.86 Å². The van der Waals surface area contributed by atoms with E-state index < -0.39 is 5.97 Å². The van der Waals surface area contributed by atoms with E-state index in [4.69, 9.17) is 4.84 Å². The smallest absolute Gasteiger partial charge is 0.337 e. The van der Waals surface area contributed by atoms with Gasteiger partial charge in [0, 0.05) is 12.6 Å². The predicted octanol–water partition coefficient (Wildman–Crippen LogP) is 1.42. The van der Waals surface area contributed by atoms with Crippen LogP contribution in [0.15, 0.2) is 18.2 Å². The van der Waals surface area contributed by atoms with Crippen molar-refractivity contribution in [1.82, 2.24) is 5.06 Å². The maximum atomic E-state index is 11.8. The average molecular weight is 237 g/mol. The van der Waals surface area contributed by atoms with E-state index in [2.05, 4.69) is 4.74 Å². The number of methoxy groups -OCH3 is 1. The van der Waals surface area contributed by atoms with Crippen molar-refractivity contribution in [3.63, 3.8) is 0 Å². The van der Waals surface area contributed by atoms with Gasteiger partial charge in [-0.1, -0.05) is 0 Å². The molecule has 17 heavy (non-hydrogen) atoms. The summed E-state index contributed by atoms with van der Waals surface area (Å²) in [4.78, 5) is 28.0. The third-order valence-electron chi connectivity index (χ3n) is 2.31. The second-order valence-electron chi connectivity index (χ2n) is 3.56. The van der Waals surface area contributed by atoms with Gasteiger partial charge in [-0.05, 0) is 30.7 Å². The van der Waals surface area contributed by atoms with E-state index in [1.807, 2.05) is 0 Å². The molecule has 0 heterocycles. The zero-order valence-electron chi connectivity index (χ0n) is 10.3. The van der Waals surface area contributed by atoms with E-state index in [9.17, 15) is 9.59 Å². The van der Waals surface area contributed by atoms with E-state index in [0.717, 1.165) is 10.6 Å². The molecule has 1 rings (SSSR count). The molecule has 0 spiro atoms. The molecule has 0 fully saturated rings. The molecule has 0 bridgehead atoms. The molecular formula is C12H15NO4. The monoisotopic (exact) mass is 237 g/mol. The minimum Gasteiger partial charge on any atom is -0.465 e. The Hall–Kier alpha value is -1.88. The van der Waals surface area contributed by atoms with Crippen LogP contribution in [0, 0.1) is 6.92 Å². The first-order valence-corrected chi connectivity index (χ1v) is 5.01. The first-order chi connectivity index (χ1) is 7.99. The summed E-state index contributed by atoms with van der Waals surface area (Å²) < 4.78 is 4.62. The molecule has 1 aromatic rings. The zero-order valence-corrected chi connectivity index (χ0v) is 10.3. The van der Waals surface area contributed by atoms with Crippen molar-refractivity contribution in [1.29, 1.82) is 0 Å². The number of nitrogens with zero attached hydrogens (tertiary/aromatic N) is 1. The molecular weight excluding hydrogens is 222 g/mol. The molecule has 5 nitrogen and oxygen atoms in total. The Morgan fingerprint density at radius 2 is 1.71 bits per heavy atom. The van der Waals surface area contributed by atoms with Gasteiger partial charge in [0.15, 0.2) is 0 Å². The Kier molecular flexibility index (Phi) is 4.23. The Labute approximate surface area is 99.9 Å². The lowest BCUT2D eigenvalue weighted by atomic mass is 10.1. The molecule has 0 aromatic heterocycles. The normalized spacial score (nSPS) is 9.88. The summed E-state index contributed by atoms with van der Waals surface area (Å²) >= 11 is 0. The number of hydrogen-bond acceptors (Lipinski definition) is 4. The molecule has 1 amide bonds. The van der Waals surface area contributed by atoms with E-state index in [1.54, 1.807) is 19.1 Å². The summed E-state index contributed by atoms with van der Waals surface area (Å²) in [5.74, 6) is -0.788. The van der Waals surface area contributed by atoms with Crippen molar-refractivity contribution < 1.29 is 19.2 Å². The number of carbonyl (C=O) groups excluding carboxylic acids is 2. The molecule has 0 saturated carbocycles. The van der Waals surface area contributed by atoms with Crippen LogP contribution in [0.25, 0.3) is 0 Å². The predicted molar refractivity (Wildman–Crippen MR) is 61.6 cm³/mol. The highest BCUT2D eigenvalue weighted by molar-refractivity contribution is 5.97. The molecule has 92 valence electrons. The van der Waals surface area contributed by atoms with Gasteiger partial charge < -0.3 is 4.74 Å². The van der Waals surface area contributed by atoms with Gasteiger partial charge >= 0.3 is 5.97 Å². The van der Waals surface area contributed by atoms with Gasteiger partial charge in [-0.15, -0.1) is 0 Å². The third kappa shape index (κ3) is 3.04. The lowest BCUT2D eigenvalue weighted by molar-refractivity contribution is -0.0757. The van der Waals surface area contributed by atoms with Crippen LogP contribution in [0.4, 0.5) is 0 Å². The van der Waals surface area contributed by atoms with Crippen LogP contribution >= 0.6 is 0 Å². The number of esters is 1. The summed E-state index contributed by atoms with van der Waals surface area (Å²) in [6.45, 7) is 1.80. The molecule has 0 atom stereocenters. The minimum atomic E-state index is -0.470. The second kappa shape index (κ2) is 5.45. The molecule has 0 saturated heterocycles. The van der Waals surface area contributed by atoms with Gasteiger partial charge in [-0.2, -0.15) is 0 Å². The molecule has 5 heteroatoms. The van der Waals surface area contributed by atoms with Crippen molar-refractivity contribution in [2.75, 3.05) is 21.3 Å². The van der Waals surface area contributed by atoms with Gasteiger partial charge in [-0.3, -0.25) is 9.63 Å². The summed E-state index contributed by atoms with van der Waals surface area (Å²) in [7, 11) is 4.20. The van der Waals surface area contributed by atoms with Crippen LogP contribution in [-0.2, 0) is 9.57 Å². The van der Waals surface area contributed by atoms with Gasteiger partial charge in [0.1, 0.15) is 0 Å². The number of ether oxygens (including phenoxy) is 1. The number of hydroxylamine groups is 2. The van der Waals surface area contributed by atoms with Crippen LogP contribution in [0.1, 0.15) is 26.3 Å². The van der Waals surface area contributed by atoms with Crippen molar-refractivity contribution >= 4 is 11.9 Å². The van der Waals surface area contributed by atoms with Gasteiger partial charge in [0.25, 0.3) is 5.91 Å². The summed E-state index contributed by atoms with van der Waals surface area (Å²) in [6.07, 6.45) is 0. The summed E-state index contributed by atoms with van der Waals surface area (Å²) in [5.41, 5.74) is 1.54. The maximum Gasteiger partial charge on any atom is 0.337 e. The number of carbonyl (C=O) groups is 2. The Balaban J connectivity index is 3.13. The SMILES string of the molecule is COC(=O)c1cc(C)cc(C(=O)N(C)OC)c1. The topological polar surface area (TPSA) is 55.8 Å². The number of hydrogen-bond donors (Lipinski definition) is 0. The summed E-state index contributed by atoms with van der Waals surface area (Å²) in [5, 5.41) is 1.09. The molecule has 0 N–H and O–H groups in total. The standard InChI is InChI=1S/C12H15NO4/c1-8-5-9(11(14)13(2)17-4)7-10(6-8)12(15)16-3/h5-7H,1-4H3. The van der Waals surface area contributed by atoms with Crippen molar-refractivity contribution in [3.05, 3.63) is 34.9 Å². The second-order valence-corrected chi connectivity index (χ2v) is 3.56. The molecule has 0 radical (unpaired) electrons. The first kappa shape index (κ1) is 13.2. The highest BCUT2D eigenvalue weighted by Gasteiger charge is 2.15. The highest BCUT2D eigenvalue weighted by atomic mass is 16.7. The van der Waals surface area contributed by atoms with E-state index in [0.29, 0.717) is 11.1 Å². The summed E-state index contributed by atoms with van der Waals surface area (Å²) in [6, 6.07) is 4.83. The largest absolute Gasteiger partial charge is 0.465 e. The lowest BCUT2D eigenvalue weighted by Crippen LogP contribution is -2.25. The zero-order chi connectivity index (χ0) is 13.0. The maximum absolute atomic E-state index is 11.8. The van der Waals surface area contributed by atoms with E-state index in [-0.39, 0.29) is 5.91 Å². The first-order valence-electron chi connectivity index (χ1n) is 5.01. The average Bonchev–Trinajstić information content (AvgIpc) is 2.35. The van der Waals surface area contributed by atoms with Crippen LogP contribution in [0.2, 0.25) is 0 Å². The van der Waals surface area contributed by atoms with Crippen molar-refractivity contribution in [3.8, 4) is 0 Å². The number of benzene rings is 1. The van der Waals surface area contributed by atoms with E-state index >= 15 is 0 Å². The molecule has 0 unspecified atom stereocenters. The van der Waals surface area contributed by atoms with Crippen molar-refractivity contribution in [2.24, 2.45) is 0 Å². The molecule has 0 aliphatic carbocycles. The van der Waals surface area contributed by atoms with Crippen molar-refractivity contribution in [2.45, 2.75) is 6.92 Å². The molecule has 1 aromatic carbocycles. The highest BCUT2D eigenvalue weighted by Crippen LogP contribution is 2.12. The fourth-order valence-electron chi connectivity index (χ4n) is 1.41. The number of amides is 1. The Morgan fingerprint density at radius 1 is 1.12 bits per heavy atom. The lowest BCUT2D eigenvalue weighted by Gasteiger charge is -2.14. The quantitative estimate of drug-likeness (QED) is 0.589. The van der Waals surface area contributed by atoms with Crippen LogP contribution in [0.3, 0.4) is 0 Å². The number of rotatable bonds is 3. The fourth-order valence-corrected chi connectivity index (χ4v) is 1.41. The van der Waals surface area contributed by atoms with Gasteiger partial charge in [0.2, 0.25) is 0 Å². The fraction of sp³-hybridized carbons (Fsp3) is 0.333. The van der Waals surface area contributed by atoms with Crippen LogP contribution < -0.4 is 0 Å². The van der Waals surface area contributed by atoms with Crippen LogP contribution in [0.5, 0.6) is 0 Å². The minimum absolute atomic E-state index is 0.318.